The lowest BCUT2D eigenvalue weighted by atomic mass is 10.1. The molecule has 0 aliphatic heterocycles. The average Bonchev–Trinajstić information content (AvgIpc) is 2.49. The second kappa shape index (κ2) is 7.77. The molecule has 2 aromatic rings. The van der Waals surface area contributed by atoms with E-state index in [9.17, 15) is 5.11 Å². The minimum atomic E-state index is 0.224. The standard InChI is InChI=1S/C18H24N2O/c1-14-18(21)15(2)20-17(19-14)13-9-4-3-6-10-16-11-7-5-8-12-16/h5,7-8,11-12,21H,3-4,6,9-10,13H2,1-2H3. The van der Waals surface area contributed by atoms with Crippen molar-refractivity contribution >= 4 is 0 Å². The van der Waals surface area contributed by atoms with E-state index in [1.807, 2.05) is 13.8 Å². The first-order valence-electron chi connectivity index (χ1n) is 7.74. The summed E-state index contributed by atoms with van der Waals surface area (Å²) in [6.07, 6.45) is 6.85. The third-order valence-electron chi connectivity index (χ3n) is 3.74. The van der Waals surface area contributed by atoms with Gasteiger partial charge in [0.1, 0.15) is 5.82 Å². The van der Waals surface area contributed by atoms with E-state index in [2.05, 4.69) is 40.3 Å². The van der Waals surface area contributed by atoms with Gasteiger partial charge in [-0.05, 0) is 38.7 Å². The minimum Gasteiger partial charge on any atom is -0.504 e. The van der Waals surface area contributed by atoms with Crippen LogP contribution < -0.4 is 0 Å². The Morgan fingerprint density at radius 3 is 2.00 bits per heavy atom. The van der Waals surface area contributed by atoms with Crippen LogP contribution in [0.1, 0.15) is 48.5 Å². The lowest BCUT2D eigenvalue weighted by Gasteiger charge is -2.06. The van der Waals surface area contributed by atoms with Gasteiger partial charge in [0.25, 0.3) is 0 Å². The van der Waals surface area contributed by atoms with Gasteiger partial charge in [-0.15, -0.1) is 0 Å². The zero-order chi connectivity index (χ0) is 15.1. The smallest absolute Gasteiger partial charge is 0.158 e. The van der Waals surface area contributed by atoms with Crippen molar-refractivity contribution in [1.82, 2.24) is 9.97 Å². The lowest BCUT2D eigenvalue weighted by molar-refractivity contribution is 0.457. The Kier molecular flexibility index (Phi) is 5.73. The van der Waals surface area contributed by atoms with Gasteiger partial charge in [-0.1, -0.05) is 43.2 Å². The molecule has 2 rings (SSSR count). The first-order chi connectivity index (χ1) is 10.2. The Balaban J connectivity index is 1.66. The van der Waals surface area contributed by atoms with Crippen LogP contribution in [0.2, 0.25) is 0 Å². The summed E-state index contributed by atoms with van der Waals surface area (Å²) >= 11 is 0. The van der Waals surface area contributed by atoms with E-state index < -0.39 is 0 Å². The highest BCUT2D eigenvalue weighted by molar-refractivity contribution is 5.29. The molecule has 3 heteroatoms. The van der Waals surface area contributed by atoms with Crippen molar-refractivity contribution < 1.29 is 5.11 Å². The first-order valence-corrected chi connectivity index (χ1v) is 7.74. The number of aryl methyl sites for hydroxylation is 4. The second-order valence-corrected chi connectivity index (χ2v) is 5.56. The molecule has 112 valence electrons. The molecule has 0 radical (unpaired) electrons. The number of unbranched alkanes of at least 4 members (excludes halogenated alkanes) is 3. The predicted octanol–water partition coefficient (Wildman–Crippen LogP) is 4.14. The van der Waals surface area contributed by atoms with Crippen LogP contribution in [0.25, 0.3) is 0 Å². The fourth-order valence-electron chi connectivity index (χ4n) is 2.50. The van der Waals surface area contributed by atoms with Crippen molar-refractivity contribution in [1.29, 1.82) is 0 Å². The summed E-state index contributed by atoms with van der Waals surface area (Å²) < 4.78 is 0. The van der Waals surface area contributed by atoms with Gasteiger partial charge in [-0.25, -0.2) is 9.97 Å². The predicted molar refractivity (Wildman–Crippen MR) is 85.5 cm³/mol. The summed E-state index contributed by atoms with van der Waals surface area (Å²) in [6.45, 7) is 3.65. The Hall–Kier alpha value is -1.90. The number of nitrogens with zero attached hydrogens (tertiary/aromatic N) is 2. The third-order valence-corrected chi connectivity index (χ3v) is 3.74. The maximum Gasteiger partial charge on any atom is 0.158 e. The number of aromatic hydroxyl groups is 1. The van der Waals surface area contributed by atoms with Crippen molar-refractivity contribution in [2.45, 2.75) is 52.4 Å². The quantitative estimate of drug-likeness (QED) is 0.777. The number of benzene rings is 1. The van der Waals surface area contributed by atoms with Gasteiger partial charge in [0.15, 0.2) is 5.75 Å². The fraction of sp³-hybridized carbons (Fsp3) is 0.444. The molecule has 1 heterocycles. The number of hydrogen-bond donors (Lipinski definition) is 1. The summed E-state index contributed by atoms with van der Waals surface area (Å²) in [7, 11) is 0. The summed E-state index contributed by atoms with van der Waals surface area (Å²) in [6, 6.07) is 10.6. The van der Waals surface area contributed by atoms with Crippen molar-refractivity contribution in [3.8, 4) is 5.75 Å². The molecule has 0 aliphatic rings. The molecule has 0 aliphatic carbocycles. The van der Waals surface area contributed by atoms with E-state index >= 15 is 0 Å². The first kappa shape index (κ1) is 15.5. The largest absolute Gasteiger partial charge is 0.504 e. The molecule has 0 unspecified atom stereocenters. The van der Waals surface area contributed by atoms with Crippen molar-refractivity contribution in [2.75, 3.05) is 0 Å². The summed E-state index contributed by atoms with van der Waals surface area (Å²) in [5.74, 6) is 1.08. The molecule has 1 N–H and O–H groups in total. The molecule has 0 saturated carbocycles. The summed E-state index contributed by atoms with van der Waals surface area (Å²) in [5.41, 5.74) is 2.79. The molecule has 0 fully saturated rings. The molecule has 0 atom stereocenters. The summed E-state index contributed by atoms with van der Waals surface area (Å²) in [4.78, 5) is 8.68. The van der Waals surface area contributed by atoms with Gasteiger partial charge in [-0.3, -0.25) is 0 Å². The monoisotopic (exact) mass is 284 g/mol. The van der Waals surface area contributed by atoms with Crippen LogP contribution >= 0.6 is 0 Å². The van der Waals surface area contributed by atoms with Crippen LogP contribution in [0, 0.1) is 13.8 Å². The van der Waals surface area contributed by atoms with Crippen LogP contribution in [0.3, 0.4) is 0 Å². The molecule has 1 aromatic carbocycles. The van der Waals surface area contributed by atoms with Crippen LogP contribution in [0.5, 0.6) is 5.75 Å². The van der Waals surface area contributed by atoms with E-state index in [0.29, 0.717) is 11.4 Å². The molecule has 0 amide bonds. The average molecular weight is 284 g/mol. The zero-order valence-electron chi connectivity index (χ0n) is 13.0. The Morgan fingerprint density at radius 2 is 1.38 bits per heavy atom. The molecule has 3 nitrogen and oxygen atoms in total. The fourth-order valence-corrected chi connectivity index (χ4v) is 2.50. The molecule has 21 heavy (non-hydrogen) atoms. The van der Waals surface area contributed by atoms with Crippen molar-refractivity contribution in [3.63, 3.8) is 0 Å². The van der Waals surface area contributed by atoms with Gasteiger partial charge in [0.2, 0.25) is 0 Å². The van der Waals surface area contributed by atoms with Crippen molar-refractivity contribution in [3.05, 3.63) is 53.1 Å². The second-order valence-electron chi connectivity index (χ2n) is 5.56. The van der Waals surface area contributed by atoms with E-state index in [1.165, 1.54) is 24.8 Å². The van der Waals surface area contributed by atoms with Gasteiger partial charge in [0.05, 0.1) is 11.4 Å². The van der Waals surface area contributed by atoms with Gasteiger partial charge in [0, 0.05) is 6.42 Å². The summed E-state index contributed by atoms with van der Waals surface area (Å²) in [5, 5.41) is 9.66. The Labute approximate surface area is 127 Å². The highest BCUT2D eigenvalue weighted by atomic mass is 16.3. The zero-order valence-corrected chi connectivity index (χ0v) is 13.0. The number of rotatable bonds is 7. The SMILES string of the molecule is Cc1nc(CCCCCCc2ccccc2)nc(C)c1O. The lowest BCUT2D eigenvalue weighted by Crippen LogP contribution is -2.00. The van der Waals surface area contributed by atoms with Crippen molar-refractivity contribution in [2.24, 2.45) is 0 Å². The molecular weight excluding hydrogens is 260 g/mol. The van der Waals surface area contributed by atoms with Crippen LogP contribution in [0.4, 0.5) is 0 Å². The van der Waals surface area contributed by atoms with E-state index in [1.54, 1.807) is 0 Å². The maximum absolute atomic E-state index is 9.66. The minimum absolute atomic E-state index is 0.224. The van der Waals surface area contributed by atoms with Gasteiger partial charge in [-0.2, -0.15) is 0 Å². The molecular formula is C18H24N2O. The normalized spacial score (nSPS) is 10.8. The molecule has 0 spiro atoms. The van der Waals surface area contributed by atoms with Crippen LogP contribution in [-0.4, -0.2) is 15.1 Å². The van der Waals surface area contributed by atoms with Gasteiger partial charge < -0.3 is 5.11 Å². The molecule has 0 saturated heterocycles. The highest BCUT2D eigenvalue weighted by Crippen LogP contribution is 2.18. The van der Waals surface area contributed by atoms with Crippen LogP contribution in [-0.2, 0) is 12.8 Å². The Morgan fingerprint density at radius 1 is 0.810 bits per heavy atom. The van der Waals surface area contributed by atoms with E-state index in [4.69, 9.17) is 0 Å². The topological polar surface area (TPSA) is 46.0 Å². The number of hydrogen-bond acceptors (Lipinski definition) is 3. The third kappa shape index (κ3) is 4.85. The van der Waals surface area contributed by atoms with Crippen LogP contribution in [0.15, 0.2) is 30.3 Å². The van der Waals surface area contributed by atoms with E-state index in [0.717, 1.165) is 25.1 Å². The number of aromatic nitrogens is 2. The maximum atomic E-state index is 9.66. The Bertz CT molecular complexity index is 544. The molecule has 0 bridgehead atoms. The molecule has 1 aromatic heterocycles. The van der Waals surface area contributed by atoms with E-state index in [-0.39, 0.29) is 5.75 Å². The van der Waals surface area contributed by atoms with Gasteiger partial charge >= 0.3 is 0 Å². The highest BCUT2D eigenvalue weighted by Gasteiger charge is 2.06.